The average Bonchev–Trinajstić information content (AvgIpc) is 2.03. The zero-order valence-corrected chi connectivity index (χ0v) is 7.74. The second kappa shape index (κ2) is 5.97. The van der Waals surface area contributed by atoms with Crippen molar-refractivity contribution in [2.24, 2.45) is 5.92 Å². The summed E-state index contributed by atoms with van der Waals surface area (Å²) in [5, 5.41) is 8.77. The van der Waals surface area contributed by atoms with Gasteiger partial charge in [0.1, 0.15) is 0 Å². The number of carbonyl (C=O) groups is 1. The first-order valence-electron chi connectivity index (χ1n) is 3.91. The predicted octanol–water partition coefficient (Wildman–Crippen LogP) is 0.759. The third-order valence-corrected chi connectivity index (χ3v) is 1.84. The highest BCUT2D eigenvalue weighted by Crippen LogP contribution is 2.12. The van der Waals surface area contributed by atoms with E-state index in [1.54, 1.807) is 0 Å². The van der Waals surface area contributed by atoms with Crippen LogP contribution >= 0.6 is 0 Å². The van der Waals surface area contributed by atoms with Crippen LogP contribution in [-0.4, -0.2) is 38.0 Å². The molecular formula is C8H16O4. The summed E-state index contributed by atoms with van der Waals surface area (Å²) in [5.41, 5.74) is 0. The largest absolute Gasteiger partial charge is 0.481 e. The zero-order valence-electron chi connectivity index (χ0n) is 7.74. The number of carboxylic acid groups (broad SMARTS) is 1. The van der Waals surface area contributed by atoms with E-state index in [1.807, 2.05) is 6.92 Å². The van der Waals surface area contributed by atoms with Crippen LogP contribution in [0, 0.1) is 5.92 Å². The number of hydrogen-bond donors (Lipinski definition) is 1. The molecule has 0 aromatic heterocycles. The molecule has 0 aromatic carbocycles. The van der Waals surface area contributed by atoms with Gasteiger partial charge in [0.05, 0.1) is 18.6 Å². The van der Waals surface area contributed by atoms with Crippen molar-refractivity contribution < 1.29 is 19.4 Å². The van der Waals surface area contributed by atoms with Gasteiger partial charge in [-0.1, -0.05) is 6.92 Å². The number of ether oxygens (including phenoxy) is 2. The second-order valence-corrected chi connectivity index (χ2v) is 2.58. The maximum absolute atomic E-state index is 10.7. The summed E-state index contributed by atoms with van der Waals surface area (Å²) in [5.74, 6) is -1.31. The standard InChI is InChI=1S/C8H16O4/c1-4-6(8(9)10)7(12-3)5-11-2/h6-7H,4-5H2,1-3H3,(H,9,10). The first-order valence-corrected chi connectivity index (χ1v) is 3.91. The molecular weight excluding hydrogens is 160 g/mol. The van der Waals surface area contributed by atoms with Crippen LogP contribution in [0.3, 0.4) is 0 Å². The predicted molar refractivity (Wildman–Crippen MR) is 44.1 cm³/mol. The molecule has 0 rings (SSSR count). The highest BCUT2D eigenvalue weighted by molar-refractivity contribution is 5.70. The second-order valence-electron chi connectivity index (χ2n) is 2.58. The Bertz CT molecular complexity index is 135. The molecule has 0 aliphatic heterocycles. The number of methoxy groups -OCH3 is 2. The van der Waals surface area contributed by atoms with Gasteiger partial charge in [0.2, 0.25) is 0 Å². The van der Waals surface area contributed by atoms with Crippen LogP contribution < -0.4 is 0 Å². The van der Waals surface area contributed by atoms with E-state index < -0.39 is 11.9 Å². The summed E-state index contributed by atoms with van der Waals surface area (Å²) >= 11 is 0. The van der Waals surface area contributed by atoms with Crippen molar-refractivity contribution in [3.05, 3.63) is 0 Å². The van der Waals surface area contributed by atoms with Crippen molar-refractivity contribution in [2.45, 2.75) is 19.4 Å². The van der Waals surface area contributed by atoms with Crippen molar-refractivity contribution in [1.82, 2.24) is 0 Å². The minimum Gasteiger partial charge on any atom is -0.481 e. The molecule has 0 bridgehead atoms. The molecule has 2 atom stereocenters. The lowest BCUT2D eigenvalue weighted by Gasteiger charge is -2.20. The van der Waals surface area contributed by atoms with E-state index in [9.17, 15) is 4.79 Å². The molecule has 0 aliphatic rings. The highest BCUT2D eigenvalue weighted by Gasteiger charge is 2.25. The van der Waals surface area contributed by atoms with Crippen molar-refractivity contribution in [2.75, 3.05) is 20.8 Å². The molecule has 0 radical (unpaired) electrons. The van der Waals surface area contributed by atoms with E-state index in [2.05, 4.69) is 0 Å². The Morgan fingerprint density at radius 3 is 2.33 bits per heavy atom. The van der Waals surface area contributed by atoms with Crippen molar-refractivity contribution >= 4 is 5.97 Å². The van der Waals surface area contributed by atoms with Crippen LogP contribution in [-0.2, 0) is 14.3 Å². The third-order valence-electron chi connectivity index (χ3n) is 1.84. The normalized spacial score (nSPS) is 15.6. The van der Waals surface area contributed by atoms with E-state index >= 15 is 0 Å². The lowest BCUT2D eigenvalue weighted by molar-refractivity contribution is -0.148. The molecule has 0 fully saturated rings. The van der Waals surface area contributed by atoms with Gasteiger partial charge in [0, 0.05) is 14.2 Å². The Balaban J connectivity index is 4.12. The SMILES string of the molecule is CCC(C(=O)O)C(COC)OC. The fourth-order valence-electron chi connectivity index (χ4n) is 1.11. The van der Waals surface area contributed by atoms with Crippen LogP contribution in [0.1, 0.15) is 13.3 Å². The minimum atomic E-state index is -0.832. The summed E-state index contributed by atoms with van der Waals surface area (Å²) < 4.78 is 9.84. The first-order chi connectivity index (χ1) is 5.67. The monoisotopic (exact) mass is 176 g/mol. The smallest absolute Gasteiger partial charge is 0.309 e. The van der Waals surface area contributed by atoms with Crippen molar-refractivity contribution in [3.8, 4) is 0 Å². The molecule has 72 valence electrons. The Kier molecular flexibility index (Phi) is 5.66. The lowest BCUT2D eigenvalue weighted by Crippen LogP contribution is -2.32. The average molecular weight is 176 g/mol. The Labute approximate surface area is 72.5 Å². The van der Waals surface area contributed by atoms with Gasteiger partial charge >= 0.3 is 5.97 Å². The summed E-state index contributed by atoms with van der Waals surface area (Å²) in [7, 11) is 3.02. The summed E-state index contributed by atoms with van der Waals surface area (Å²) in [4.78, 5) is 10.7. The Hall–Kier alpha value is -0.610. The van der Waals surface area contributed by atoms with Gasteiger partial charge in [0.25, 0.3) is 0 Å². The summed E-state index contributed by atoms with van der Waals surface area (Å²) in [6.07, 6.45) is 0.203. The fraction of sp³-hybridized carbons (Fsp3) is 0.875. The molecule has 0 amide bonds. The molecule has 1 N–H and O–H groups in total. The maximum Gasteiger partial charge on any atom is 0.309 e. The van der Waals surface area contributed by atoms with Gasteiger partial charge in [0.15, 0.2) is 0 Å². The Morgan fingerprint density at radius 2 is 2.08 bits per heavy atom. The van der Waals surface area contributed by atoms with E-state index in [0.717, 1.165) is 0 Å². The van der Waals surface area contributed by atoms with Gasteiger partial charge in [-0.25, -0.2) is 0 Å². The van der Waals surface area contributed by atoms with E-state index in [1.165, 1.54) is 14.2 Å². The third kappa shape index (κ3) is 3.19. The maximum atomic E-state index is 10.7. The fourth-order valence-corrected chi connectivity index (χ4v) is 1.11. The molecule has 0 saturated carbocycles. The van der Waals surface area contributed by atoms with Gasteiger partial charge in [-0.05, 0) is 6.42 Å². The van der Waals surface area contributed by atoms with Gasteiger partial charge in [-0.2, -0.15) is 0 Å². The van der Waals surface area contributed by atoms with Gasteiger partial charge < -0.3 is 14.6 Å². The quantitative estimate of drug-likeness (QED) is 0.649. The molecule has 0 heterocycles. The van der Waals surface area contributed by atoms with Crippen LogP contribution in [0.4, 0.5) is 0 Å². The molecule has 0 spiro atoms. The summed E-state index contributed by atoms with van der Waals surface area (Å²) in [6.45, 7) is 2.14. The molecule has 4 nitrogen and oxygen atoms in total. The van der Waals surface area contributed by atoms with Gasteiger partial charge in [-0.3, -0.25) is 4.79 Å². The number of rotatable bonds is 6. The van der Waals surface area contributed by atoms with E-state index in [0.29, 0.717) is 13.0 Å². The van der Waals surface area contributed by atoms with E-state index in [-0.39, 0.29) is 6.10 Å². The molecule has 0 saturated heterocycles. The number of carboxylic acids is 1. The molecule has 12 heavy (non-hydrogen) atoms. The van der Waals surface area contributed by atoms with Crippen LogP contribution in [0.2, 0.25) is 0 Å². The van der Waals surface area contributed by atoms with Crippen molar-refractivity contribution in [1.29, 1.82) is 0 Å². The number of aliphatic carboxylic acids is 1. The van der Waals surface area contributed by atoms with Gasteiger partial charge in [-0.15, -0.1) is 0 Å². The van der Waals surface area contributed by atoms with Crippen molar-refractivity contribution in [3.63, 3.8) is 0 Å². The molecule has 0 aromatic rings. The molecule has 0 aliphatic carbocycles. The zero-order chi connectivity index (χ0) is 9.56. The van der Waals surface area contributed by atoms with Crippen LogP contribution in [0.15, 0.2) is 0 Å². The Morgan fingerprint density at radius 1 is 1.50 bits per heavy atom. The topological polar surface area (TPSA) is 55.8 Å². The highest BCUT2D eigenvalue weighted by atomic mass is 16.5. The summed E-state index contributed by atoms with van der Waals surface area (Å²) in [6, 6.07) is 0. The van der Waals surface area contributed by atoms with Crippen LogP contribution in [0.5, 0.6) is 0 Å². The molecule has 2 unspecified atom stereocenters. The molecule has 4 heteroatoms. The van der Waals surface area contributed by atoms with E-state index in [4.69, 9.17) is 14.6 Å². The lowest BCUT2D eigenvalue weighted by atomic mass is 10.0. The van der Waals surface area contributed by atoms with Crippen LogP contribution in [0.25, 0.3) is 0 Å². The first kappa shape index (κ1) is 11.4. The minimum absolute atomic E-state index is 0.321. The number of hydrogen-bond acceptors (Lipinski definition) is 3.